The van der Waals surface area contributed by atoms with Crippen LogP contribution >= 0.6 is 11.6 Å². The number of carbonyl (C=O) groups is 1. The summed E-state index contributed by atoms with van der Waals surface area (Å²) in [6.45, 7) is 0.222. The van der Waals surface area contributed by atoms with Gasteiger partial charge in [-0.1, -0.05) is 17.7 Å². The Labute approximate surface area is 153 Å². The van der Waals surface area contributed by atoms with Gasteiger partial charge in [0.15, 0.2) is 23.1 Å². The van der Waals surface area contributed by atoms with Gasteiger partial charge >= 0.3 is 0 Å². The maximum absolute atomic E-state index is 12.2. The van der Waals surface area contributed by atoms with Gasteiger partial charge in [0.25, 0.3) is 5.91 Å². The lowest BCUT2D eigenvalue weighted by atomic mass is 10.2. The summed E-state index contributed by atoms with van der Waals surface area (Å²) < 4.78 is 10.6. The summed E-state index contributed by atoms with van der Waals surface area (Å²) in [5, 5.41) is 14.3. The Morgan fingerprint density at radius 2 is 1.77 bits per heavy atom. The molecule has 0 radical (unpaired) electrons. The molecule has 0 spiro atoms. The molecular weight excluding hydrogens is 356 g/mol. The fraction of sp³-hybridized carbons (Fsp3) is 0.0556. The average molecular weight is 369 g/mol. The molecule has 26 heavy (non-hydrogen) atoms. The van der Waals surface area contributed by atoms with Crippen LogP contribution in [0.25, 0.3) is 0 Å². The summed E-state index contributed by atoms with van der Waals surface area (Å²) in [4.78, 5) is 12.2. The molecule has 2 aromatic carbocycles. The molecule has 0 saturated heterocycles. The predicted octanol–water partition coefficient (Wildman–Crippen LogP) is 3.85. The van der Waals surface area contributed by atoms with E-state index in [1.807, 2.05) is 18.2 Å². The van der Waals surface area contributed by atoms with E-state index in [0.717, 1.165) is 5.69 Å². The van der Waals surface area contributed by atoms with E-state index in [4.69, 9.17) is 21.1 Å². The second-order valence-electron chi connectivity index (χ2n) is 5.46. The number of anilines is 3. The Morgan fingerprint density at radius 1 is 0.962 bits per heavy atom. The molecule has 7 nitrogen and oxygen atoms in total. The molecule has 130 valence electrons. The first-order valence-corrected chi connectivity index (χ1v) is 8.12. The average Bonchev–Trinajstić information content (AvgIpc) is 3.11. The van der Waals surface area contributed by atoms with Gasteiger partial charge in [-0.25, -0.2) is 0 Å². The van der Waals surface area contributed by atoms with Crippen LogP contribution in [0.4, 0.5) is 17.3 Å². The fourth-order valence-corrected chi connectivity index (χ4v) is 2.60. The normalized spacial score (nSPS) is 11.9. The Morgan fingerprint density at radius 3 is 2.58 bits per heavy atom. The maximum atomic E-state index is 12.2. The van der Waals surface area contributed by atoms with Crippen molar-refractivity contribution in [2.45, 2.75) is 0 Å². The van der Waals surface area contributed by atoms with Crippen LogP contribution in [0.5, 0.6) is 11.5 Å². The van der Waals surface area contributed by atoms with Gasteiger partial charge in [0.1, 0.15) is 0 Å². The summed E-state index contributed by atoms with van der Waals surface area (Å²) in [6, 6.07) is 15.5. The third-order valence-electron chi connectivity index (χ3n) is 3.64. The Bertz CT molecular complexity index is 963. The molecule has 1 aromatic heterocycles. The summed E-state index contributed by atoms with van der Waals surface area (Å²) in [6.07, 6.45) is 0. The molecule has 1 amide bonds. The first kappa shape index (κ1) is 16.2. The Balaban J connectivity index is 1.43. The molecule has 8 heteroatoms. The zero-order valence-electron chi connectivity index (χ0n) is 13.4. The van der Waals surface area contributed by atoms with Gasteiger partial charge in [0.05, 0.1) is 0 Å². The number of nitrogens with one attached hydrogen (secondary N) is 2. The van der Waals surface area contributed by atoms with Crippen molar-refractivity contribution in [1.29, 1.82) is 0 Å². The minimum atomic E-state index is -0.307. The van der Waals surface area contributed by atoms with Gasteiger partial charge < -0.3 is 20.1 Å². The van der Waals surface area contributed by atoms with Gasteiger partial charge in [0.2, 0.25) is 6.79 Å². The molecule has 0 atom stereocenters. The molecule has 2 N–H and O–H groups in total. The Kier molecular flexibility index (Phi) is 4.28. The zero-order valence-corrected chi connectivity index (χ0v) is 14.2. The molecule has 0 aliphatic carbocycles. The number of hydrogen-bond donors (Lipinski definition) is 2. The number of nitrogens with zero attached hydrogens (tertiary/aromatic N) is 2. The van der Waals surface area contributed by atoms with Gasteiger partial charge in [-0.3, -0.25) is 4.79 Å². The van der Waals surface area contributed by atoms with Crippen LogP contribution in [0.15, 0.2) is 54.6 Å². The minimum absolute atomic E-state index is 0.222. The lowest BCUT2D eigenvalue weighted by Crippen LogP contribution is -2.13. The molecule has 1 aliphatic heterocycles. The van der Waals surface area contributed by atoms with Crippen molar-refractivity contribution in [2.75, 3.05) is 17.4 Å². The summed E-state index contributed by atoms with van der Waals surface area (Å²) >= 11 is 5.89. The van der Waals surface area contributed by atoms with E-state index in [-0.39, 0.29) is 12.7 Å². The highest BCUT2D eigenvalue weighted by Crippen LogP contribution is 2.34. The lowest BCUT2D eigenvalue weighted by Gasteiger charge is -2.07. The van der Waals surface area contributed by atoms with Crippen LogP contribution in [-0.4, -0.2) is 22.9 Å². The van der Waals surface area contributed by atoms with E-state index in [1.54, 1.807) is 36.4 Å². The smallest absolute Gasteiger partial charge is 0.256 e. The molecule has 0 bridgehead atoms. The number of benzene rings is 2. The minimum Gasteiger partial charge on any atom is -0.454 e. The molecule has 2 heterocycles. The van der Waals surface area contributed by atoms with E-state index in [9.17, 15) is 4.79 Å². The number of aromatic nitrogens is 2. The predicted molar refractivity (Wildman–Crippen MR) is 97.3 cm³/mol. The van der Waals surface area contributed by atoms with Crippen LogP contribution in [-0.2, 0) is 0 Å². The van der Waals surface area contributed by atoms with Crippen LogP contribution in [0, 0.1) is 0 Å². The number of rotatable bonds is 4. The summed E-state index contributed by atoms with van der Waals surface area (Å²) in [5.74, 6) is 1.95. The topological polar surface area (TPSA) is 85.4 Å². The highest BCUT2D eigenvalue weighted by molar-refractivity contribution is 6.31. The van der Waals surface area contributed by atoms with Crippen molar-refractivity contribution in [3.63, 3.8) is 0 Å². The lowest BCUT2D eigenvalue weighted by molar-refractivity contribution is 0.102. The third kappa shape index (κ3) is 3.52. The molecule has 0 saturated carbocycles. The van der Waals surface area contributed by atoms with E-state index < -0.39 is 0 Å². The van der Waals surface area contributed by atoms with E-state index in [1.165, 1.54) is 0 Å². The van der Waals surface area contributed by atoms with Crippen LogP contribution in [0.2, 0.25) is 5.02 Å². The summed E-state index contributed by atoms with van der Waals surface area (Å²) in [7, 11) is 0. The van der Waals surface area contributed by atoms with Gasteiger partial charge in [-0.15, -0.1) is 10.2 Å². The first-order valence-electron chi connectivity index (χ1n) is 7.75. The number of hydrogen-bond acceptors (Lipinski definition) is 6. The highest BCUT2D eigenvalue weighted by atomic mass is 35.5. The van der Waals surface area contributed by atoms with E-state index >= 15 is 0 Å². The van der Waals surface area contributed by atoms with Crippen molar-refractivity contribution >= 4 is 34.8 Å². The van der Waals surface area contributed by atoms with Gasteiger partial charge in [0, 0.05) is 22.3 Å². The summed E-state index contributed by atoms with van der Waals surface area (Å²) in [5.41, 5.74) is 1.24. The third-order valence-corrected chi connectivity index (χ3v) is 3.87. The fourth-order valence-electron chi connectivity index (χ4n) is 2.41. The zero-order chi connectivity index (χ0) is 17.9. The second kappa shape index (κ2) is 6.89. The molecular formula is C18H13ClN4O3. The van der Waals surface area contributed by atoms with Crippen LogP contribution in [0.3, 0.4) is 0 Å². The van der Waals surface area contributed by atoms with E-state index in [2.05, 4.69) is 20.8 Å². The highest BCUT2D eigenvalue weighted by Gasteiger charge is 2.13. The molecule has 1 aliphatic rings. The number of carbonyl (C=O) groups excluding carboxylic acids is 1. The number of fused-ring (bicyclic) bond motifs is 1. The first-order chi connectivity index (χ1) is 12.7. The Hall–Kier alpha value is -3.32. The second-order valence-corrected chi connectivity index (χ2v) is 5.90. The molecule has 3 aromatic rings. The van der Waals surface area contributed by atoms with Crippen molar-refractivity contribution in [3.8, 4) is 11.5 Å². The van der Waals surface area contributed by atoms with Crippen molar-refractivity contribution in [1.82, 2.24) is 10.2 Å². The van der Waals surface area contributed by atoms with Crippen LogP contribution in [0.1, 0.15) is 10.4 Å². The van der Waals surface area contributed by atoms with Crippen molar-refractivity contribution < 1.29 is 14.3 Å². The SMILES string of the molecule is O=C(Nc1ccc(Nc2ccc3c(c2)OCO3)nn1)c1cccc(Cl)c1. The number of ether oxygens (including phenoxy) is 2. The largest absolute Gasteiger partial charge is 0.454 e. The number of halogens is 1. The molecule has 0 unspecified atom stereocenters. The standard InChI is InChI=1S/C18H13ClN4O3/c19-12-3-1-2-11(8-12)18(24)21-17-7-6-16(22-23-17)20-13-4-5-14-15(9-13)26-10-25-14/h1-9H,10H2,(H,20,22)(H,21,23,24). The van der Waals surface area contributed by atoms with Crippen molar-refractivity contribution in [2.24, 2.45) is 0 Å². The molecule has 0 fully saturated rings. The quantitative estimate of drug-likeness (QED) is 0.727. The van der Waals surface area contributed by atoms with Crippen molar-refractivity contribution in [3.05, 3.63) is 65.2 Å². The molecule has 4 rings (SSSR count). The van der Waals surface area contributed by atoms with Gasteiger partial charge in [-0.05, 0) is 42.5 Å². The number of amides is 1. The monoisotopic (exact) mass is 368 g/mol. The van der Waals surface area contributed by atoms with Crippen LogP contribution < -0.4 is 20.1 Å². The van der Waals surface area contributed by atoms with E-state index in [0.29, 0.717) is 33.7 Å². The van der Waals surface area contributed by atoms with Gasteiger partial charge in [-0.2, -0.15) is 0 Å². The maximum Gasteiger partial charge on any atom is 0.256 e.